The van der Waals surface area contributed by atoms with Crippen LogP contribution in [-0.4, -0.2) is 27.0 Å². The molecular formula is C15H13N5O2S. The summed E-state index contributed by atoms with van der Waals surface area (Å²) < 4.78 is 0. The van der Waals surface area contributed by atoms with E-state index in [4.69, 9.17) is 5.73 Å². The molecule has 0 aliphatic heterocycles. The minimum atomic E-state index is -0.464. The van der Waals surface area contributed by atoms with Crippen LogP contribution >= 0.6 is 11.3 Å². The number of H-pyrrole nitrogens is 1. The summed E-state index contributed by atoms with van der Waals surface area (Å²) in [6.45, 7) is 0. The smallest absolute Gasteiger partial charge is 0.275 e. The molecule has 0 atom stereocenters. The van der Waals surface area contributed by atoms with E-state index in [0.717, 1.165) is 5.56 Å². The van der Waals surface area contributed by atoms with Gasteiger partial charge in [0.25, 0.3) is 5.91 Å². The van der Waals surface area contributed by atoms with Crippen molar-refractivity contribution in [2.75, 3.05) is 5.32 Å². The monoisotopic (exact) mass is 327 g/mol. The quantitative estimate of drug-likeness (QED) is 0.663. The van der Waals surface area contributed by atoms with E-state index in [9.17, 15) is 9.59 Å². The van der Waals surface area contributed by atoms with E-state index < -0.39 is 5.91 Å². The molecule has 0 aliphatic carbocycles. The van der Waals surface area contributed by atoms with E-state index >= 15 is 0 Å². The number of carbonyl (C=O) groups is 2. The number of aromatic amines is 1. The molecule has 8 heteroatoms. The zero-order chi connectivity index (χ0) is 16.2. The first-order chi connectivity index (χ1) is 11.1. The maximum Gasteiger partial charge on any atom is 0.275 e. The van der Waals surface area contributed by atoms with E-state index in [2.05, 4.69) is 20.5 Å². The topological polar surface area (TPSA) is 114 Å². The number of amides is 2. The van der Waals surface area contributed by atoms with E-state index in [1.165, 1.54) is 11.3 Å². The molecule has 116 valence electrons. The molecular weight excluding hydrogens is 314 g/mol. The van der Waals surface area contributed by atoms with Crippen LogP contribution in [0.5, 0.6) is 0 Å². The highest BCUT2D eigenvalue weighted by Crippen LogP contribution is 2.19. The molecule has 0 saturated carbocycles. The Hall–Kier alpha value is -3.00. The number of hydrogen-bond acceptors (Lipinski definition) is 5. The maximum absolute atomic E-state index is 12.2. The number of aromatic nitrogens is 3. The normalized spacial score (nSPS) is 10.4. The zero-order valence-electron chi connectivity index (χ0n) is 11.9. The Morgan fingerprint density at radius 2 is 2.04 bits per heavy atom. The third-order valence-electron chi connectivity index (χ3n) is 3.02. The van der Waals surface area contributed by atoms with Crippen molar-refractivity contribution in [1.82, 2.24) is 15.2 Å². The third-order valence-corrected chi connectivity index (χ3v) is 3.83. The highest BCUT2D eigenvalue weighted by Gasteiger charge is 2.13. The van der Waals surface area contributed by atoms with Gasteiger partial charge < -0.3 is 5.73 Å². The SMILES string of the molecule is NC(=O)Cc1csc(NC(=O)c2cc(-c3ccccc3)n[nH]2)n1. The Labute approximate surface area is 135 Å². The van der Waals surface area contributed by atoms with Gasteiger partial charge in [-0.05, 0) is 6.07 Å². The maximum atomic E-state index is 12.2. The van der Waals surface area contributed by atoms with Gasteiger partial charge in [0.1, 0.15) is 5.69 Å². The summed E-state index contributed by atoms with van der Waals surface area (Å²) in [5.41, 5.74) is 7.57. The summed E-state index contributed by atoms with van der Waals surface area (Å²) in [6, 6.07) is 11.2. The van der Waals surface area contributed by atoms with Crippen molar-refractivity contribution in [2.24, 2.45) is 5.73 Å². The summed E-state index contributed by atoms with van der Waals surface area (Å²) >= 11 is 1.23. The van der Waals surface area contributed by atoms with Gasteiger partial charge in [-0.3, -0.25) is 20.0 Å². The van der Waals surface area contributed by atoms with Crippen molar-refractivity contribution in [1.29, 1.82) is 0 Å². The van der Waals surface area contributed by atoms with Crippen molar-refractivity contribution in [3.8, 4) is 11.3 Å². The molecule has 4 N–H and O–H groups in total. The van der Waals surface area contributed by atoms with Gasteiger partial charge in [0, 0.05) is 10.9 Å². The number of primary amides is 1. The molecule has 3 aromatic rings. The summed E-state index contributed by atoms with van der Waals surface area (Å²) in [5, 5.41) is 11.6. The first kappa shape index (κ1) is 14.9. The van der Waals surface area contributed by atoms with Gasteiger partial charge in [0.05, 0.1) is 17.8 Å². The Morgan fingerprint density at radius 1 is 1.26 bits per heavy atom. The van der Waals surface area contributed by atoms with Crippen LogP contribution in [0.15, 0.2) is 41.8 Å². The highest BCUT2D eigenvalue weighted by atomic mass is 32.1. The van der Waals surface area contributed by atoms with Crippen LogP contribution < -0.4 is 11.1 Å². The van der Waals surface area contributed by atoms with Gasteiger partial charge in [-0.15, -0.1) is 11.3 Å². The lowest BCUT2D eigenvalue weighted by Gasteiger charge is -1.97. The van der Waals surface area contributed by atoms with Crippen molar-refractivity contribution < 1.29 is 9.59 Å². The minimum absolute atomic E-state index is 0.0502. The van der Waals surface area contributed by atoms with Crippen LogP contribution in [0.2, 0.25) is 0 Å². The molecule has 0 spiro atoms. The second-order valence-corrected chi connectivity index (χ2v) is 5.63. The zero-order valence-corrected chi connectivity index (χ0v) is 12.8. The van der Waals surface area contributed by atoms with Crippen LogP contribution in [-0.2, 0) is 11.2 Å². The summed E-state index contributed by atoms with van der Waals surface area (Å²) in [7, 11) is 0. The Kier molecular flexibility index (Phi) is 4.15. The summed E-state index contributed by atoms with van der Waals surface area (Å²) in [5.74, 6) is -0.811. The van der Waals surface area contributed by atoms with Gasteiger partial charge >= 0.3 is 0 Å². The third kappa shape index (κ3) is 3.61. The van der Waals surface area contributed by atoms with Crippen LogP contribution in [0, 0.1) is 0 Å². The van der Waals surface area contributed by atoms with Crippen LogP contribution in [0.25, 0.3) is 11.3 Å². The second kappa shape index (κ2) is 6.41. The lowest BCUT2D eigenvalue weighted by molar-refractivity contribution is -0.117. The molecule has 0 aliphatic rings. The van der Waals surface area contributed by atoms with E-state index in [0.29, 0.717) is 22.2 Å². The standard InChI is InChI=1S/C15H13N5O2S/c16-13(21)6-10-8-23-15(17-10)18-14(22)12-7-11(19-20-12)9-4-2-1-3-5-9/h1-5,7-8H,6H2,(H2,16,21)(H,19,20)(H,17,18,22). The number of benzene rings is 1. The average Bonchev–Trinajstić information content (AvgIpc) is 3.17. The van der Waals surface area contributed by atoms with Gasteiger partial charge in [0.15, 0.2) is 5.13 Å². The molecule has 0 radical (unpaired) electrons. The fourth-order valence-electron chi connectivity index (χ4n) is 1.98. The number of nitrogens with two attached hydrogens (primary N) is 1. The summed E-state index contributed by atoms with van der Waals surface area (Å²) in [4.78, 5) is 27.2. The Balaban J connectivity index is 1.70. The van der Waals surface area contributed by atoms with Crippen LogP contribution in [0.1, 0.15) is 16.2 Å². The number of nitrogens with one attached hydrogen (secondary N) is 2. The largest absolute Gasteiger partial charge is 0.369 e. The molecule has 0 saturated heterocycles. The van der Waals surface area contributed by atoms with Gasteiger partial charge in [-0.25, -0.2) is 4.98 Å². The molecule has 0 bridgehead atoms. The number of thiazole rings is 1. The van der Waals surface area contributed by atoms with Crippen LogP contribution in [0.3, 0.4) is 0 Å². The van der Waals surface area contributed by atoms with Crippen molar-refractivity contribution >= 4 is 28.3 Å². The fourth-order valence-corrected chi connectivity index (χ4v) is 2.69. The Bertz CT molecular complexity index is 840. The molecule has 0 fully saturated rings. The number of rotatable bonds is 5. The van der Waals surface area contributed by atoms with Crippen molar-refractivity contribution in [3.05, 3.63) is 53.2 Å². The fraction of sp³-hybridized carbons (Fsp3) is 0.0667. The molecule has 1 aromatic carbocycles. The van der Waals surface area contributed by atoms with E-state index in [1.807, 2.05) is 30.3 Å². The first-order valence-corrected chi connectivity index (χ1v) is 7.64. The predicted molar refractivity (Wildman–Crippen MR) is 87.0 cm³/mol. The molecule has 3 rings (SSSR count). The molecule has 2 aromatic heterocycles. The highest BCUT2D eigenvalue weighted by molar-refractivity contribution is 7.14. The number of carbonyl (C=O) groups excluding carboxylic acids is 2. The van der Waals surface area contributed by atoms with Gasteiger partial charge in [-0.1, -0.05) is 30.3 Å². The lowest BCUT2D eigenvalue weighted by Crippen LogP contribution is -2.14. The minimum Gasteiger partial charge on any atom is -0.369 e. The average molecular weight is 327 g/mol. The first-order valence-electron chi connectivity index (χ1n) is 6.76. The Morgan fingerprint density at radius 3 is 2.78 bits per heavy atom. The van der Waals surface area contributed by atoms with Crippen LogP contribution in [0.4, 0.5) is 5.13 Å². The van der Waals surface area contributed by atoms with E-state index in [1.54, 1.807) is 11.4 Å². The van der Waals surface area contributed by atoms with Crippen molar-refractivity contribution in [3.63, 3.8) is 0 Å². The predicted octanol–water partition coefficient (Wildman–Crippen LogP) is 1.81. The number of hydrogen-bond donors (Lipinski definition) is 3. The van der Waals surface area contributed by atoms with Crippen molar-refractivity contribution in [2.45, 2.75) is 6.42 Å². The second-order valence-electron chi connectivity index (χ2n) is 4.77. The van der Waals surface area contributed by atoms with E-state index in [-0.39, 0.29) is 12.3 Å². The van der Waals surface area contributed by atoms with Gasteiger partial charge in [-0.2, -0.15) is 5.10 Å². The number of anilines is 1. The lowest BCUT2D eigenvalue weighted by atomic mass is 10.1. The summed E-state index contributed by atoms with van der Waals surface area (Å²) in [6.07, 6.45) is 0.0502. The molecule has 7 nitrogen and oxygen atoms in total. The molecule has 0 unspecified atom stereocenters. The number of nitrogens with zero attached hydrogens (tertiary/aromatic N) is 2. The molecule has 23 heavy (non-hydrogen) atoms. The molecule has 2 amide bonds. The van der Waals surface area contributed by atoms with Gasteiger partial charge in [0.2, 0.25) is 5.91 Å². The molecule has 2 heterocycles.